The van der Waals surface area contributed by atoms with Crippen molar-refractivity contribution in [3.63, 3.8) is 0 Å². The van der Waals surface area contributed by atoms with E-state index in [1.165, 1.54) is 0 Å². The van der Waals surface area contributed by atoms with E-state index in [0.29, 0.717) is 17.2 Å². The highest BCUT2D eigenvalue weighted by molar-refractivity contribution is 5.87. The molecule has 0 spiro atoms. The van der Waals surface area contributed by atoms with Crippen LogP contribution < -0.4 is 15.2 Å². The van der Waals surface area contributed by atoms with Crippen LogP contribution >= 0.6 is 0 Å². The minimum Gasteiger partial charge on any atom is -0.496 e. The normalized spacial score (nSPS) is 15.4. The predicted octanol–water partition coefficient (Wildman–Crippen LogP) is 4.46. The second kappa shape index (κ2) is 6.98. The number of fused-ring (bicyclic) bond motifs is 2. The van der Waals surface area contributed by atoms with Gasteiger partial charge in [0.05, 0.1) is 24.3 Å². The Bertz CT molecular complexity index is 1350. The average molecular weight is 394 g/mol. The minimum atomic E-state index is -0.463. The van der Waals surface area contributed by atoms with Crippen LogP contribution in [0.4, 0.5) is 0 Å². The lowest BCUT2D eigenvalue weighted by Crippen LogP contribution is -2.21. The maximum atomic E-state index is 9.88. The quantitative estimate of drug-likeness (QED) is 0.535. The topological polar surface area (TPSA) is 96.9 Å². The molecule has 6 heteroatoms. The van der Waals surface area contributed by atoms with Crippen LogP contribution in [0.1, 0.15) is 17.0 Å². The van der Waals surface area contributed by atoms with Crippen LogP contribution in [0.2, 0.25) is 0 Å². The zero-order chi connectivity index (χ0) is 20.7. The largest absolute Gasteiger partial charge is 0.496 e. The van der Waals surface area contributed by atoms with Gasteiger partial charge >= 0.3 is 0 Å². The first-order valence-corrected chi connectivity index (χ1v) is 9.49. The highest BCUT2D eigenvalue weighted by Crippen LogP contribution is 2.47. The fourth-order valence-corrected chi connectivity index (χ4v) is 4.03. The molecular weight excluding hydrogens is 376 g/mol. The molecule has 1 atom stereocenters. The molecule has 1 aliphatic heterocycles. The molecule has 1 aromatic heterocycles. The lowest BCUT2D eigenvalue weighted by atomic mass is 9.82. The third-order valence-electron chi connectivity index (χ3n) is 5.43. The second-order valence-electron chi connectivity index (χ2n) is 7.05. The van der Waals surface area contributed by atoms with Crippen molar-refractivity contribution in [1.29, 1.82) is 5.26 Å². The summed E-state index contributed by atoms with van der Waals surface area (Å²) in [5.41, 5.74) is 9.74. The number of rotatable bonds is 3. The Balaban J connectivity index is 1.75. The Kier molecular flexibility index (Phi) is 4.15. The molecule has 0 aliphatic carbocycles. The van der Waals surface area contributed by atoms with Crippen LogP contribution in [0.25, 0.3) is 22.0 Å². The number of nitrogens with two attached hydrogens (primary N) is 1. The van der Waals surface area contributed by atoms with Crippen molar-refractivity contribution in [2.24, 2.45) is 5.73 Å². The molecule has 2 heterocycles. The number of nitrogens with one attached hydrogen (secondary N) is 1. The van der Waals surface area contributed by atoms with E-state index < -0.39 is 5.92 Å². The second-order valence-corrected chi connectivity index (χ2v) is 7.05. The Morgan fingerprint density at radius 1 is 1.07 bits per heavy atom. The molecule has 3 N–H and O–H groups in total. The van der Waals surface area contributed by atoms with Gasteiger partial charge in [0.25, 0.3) is 0 Å². The van der Waals surface area contributed by atoms with E-state index in [-0.39, 0.29) is 5.88 Å². The molecule has 0 bridgehead atoms. The van der Waals surface area contributed by atoms with E-state index >= 15 is 0 Å². The summed E-state index contributed by atoms with van der Waals surface area (Å²) < 4.78 is 11.3. The van der Waals surface area contributed by atoms with Gasteiger partial charge in [-0.05, 0) is 22.9 Å². The Labute approximate surface area is 173 Å². The van der Waals surface area contributed by atoms with E-state index in [1.807, 2.05) is 42.5 Å². The molecular formula is C24H18N4O2. The van der Waals surface area contributed by atoms with Crippen LogP contribution in [-0.2, 0) is 0 Å². The van der Waals surface area contributed by atoms with Gasteiger partial charge in [0.1, 0.15) is 17.4 Å². The third kappa shape index (κ3) is 2.68. The molecule has 0 amide bonds. The van der Waals surface area contributed by atoms with Gasteiger partial charge in [-0.2, -0.15) is 5.26 Å². The van der Waals surface area contributed by atoms with Gasteiger partial charge in [0, 0.05) is 11.1 Å². The van der Waals surface area contributed by atoms with Crippen molar-refractivity contribution in [3.8, 4) is 29.0 Å². The summed E-state index contributed by atoms with van der Waals surface area (Å²) in [6.07, 6.45) is 0. The summed E-state index contributed by atoms with van der Waals surface area (Å²) >= 11 is 0. The first-order valence-electron chi connectivity index (χ1n) is 9.49. The third-order valence-corrected chi connectivity index (χ3v) is 5.43. The zero-order valence-electron chi connectivity index (χ0n) is 16.2. The van der Waals surface area contributed by atoms with Crippen molar-refractivity contribution < 1.29 is 9.47 Å². The van der Waals surface area contributed by atoms with Crippen molar-refractivity contribution in [2.45, 2.75) is 5.92 Å². The number of hydrogen-bond donors (Lipinski definition) is 2. The minimum absolute atomic E-state index is 0.0532. The average Bonchev–Trinajstić information content (AvgIpc) is 3.21. The van der Waals surface area contributed by atoms with Crippen LogP contribution in [-0.4, -0.2) is 17.3 Å². The van der Waals surface area contributed by atoms with Crippen LogP contribution in [0.15, 0.2) is 78.2 Å². The SMILES string of the molecule is COc1ccccc1[C@H]1C(C#N)=C(N)Oc2n[nH]c(-c3ccc4ccccc4c3)c21. The molecule has 146 valence electrons. The summed E-state index contributed by atoms with van der Waals surface area (Å²) in [6.45, 7) is 0. The summed E-state index contributed by atoms with van der Waals surface area (Å²) in [5, 5.41) is 19.6. The van der Waals surface area contributed by atoms with Gasteiger partial charge in [-0.15, -0.1) is 5.10 Å². The number of H-pyrrole nitrogens is 1. The predicted molar refractivity (Wildman–Crippen MR) is 114 cm³/mol. The highest BCUT2D eigenvalue weighted by Gasteiger charge is 2.37. The Morgan fingerprint density at radius 3 is 2.63 bits per heavy atom. The molecule has 0 saturated carbocycles. The van der Waals surface area contributed by atoms with E-state index in [2.05, 4.69) is 40.5 Å². The number of methoxy groups -OCH3 is 1. The first-order chi connectivity index (χ1) is 14.7. The molecule has 0 fully saturated rings. The van der Waals surface area contributed by atoms with Crippen molar-refractivity contribution in [1.82, 2.24) is 10.2 Å². The molecule has 0 unspecified atom stereocenters. The number of aromatic amines is 1. The fourth-order valence-electron chi connectivity index (χ4n) is 4.03. The number of hydrogen-bond acceptors (Lipinski definition) is 5. The van der Waals surface area contributed by atoms with E-state index in [0.717, 1.165) is 33.2 Å². The maximum absolute atomic E-state index is 9.88. The summed E-state index contributed by atoms with van der Waals surface area (Å²) in [7, 11) is 1.61. The number of aromatic nitrogens is 2. The van der Waals surface area contributed by atoms with Crippen molar-refractivity contribution in [2.75, 3.05) is 7.11 Å². The van der Waals surface area contributed by atoms with Crippen LogP contribution in [0.5, 0.6) is 11.6 Å². The summed E-state index contributed by atoms with van der Waals surface area (Å²) in [4.78, 5) is 0. The highest BCUT2D eigenvalue weighted by atomic mass is 16.5. The number of nitriles is 1. The molecule has 1 aliphatic rings. The molecule has 30 heavy (non-hydrogen) atoms. The number of nitrogens with zero attached hydrogens (tertiary/aromatic N) is 2. The molecule has 0 saturated heterocycles. The molecule has 3 aromatic carbocycles. The van der Waals surface area contributed by atoms with Gasteiger partial charge < -0.3 is 15.2 Å². The molecule has 0 radical (unpaired) electrons. The van der Waals surface area contributed by atoms with Crippen molar-refractivity contribution >= 4 is 10.8 Å². The van der Waals surface area contributed by atoms with E-state index in [9.17, 15) is 5.26 Å². The lowest BCUT2D eigenvalue weighted by molar-refractivity contribution is 0.375. The smallest absolute Gasteiger partial charge is 0.244 e. The lowest BCUT2D eigenvalue weighted by Gasteiger charge is -2.25. The summed E-state index contributed by atoms with van der Waals surface area (Å²) in [5.74, 6) is 0.625. The Morgan fingerprint density at radius 2 is 1.83 bits per heavy atom. The van der Waals surface area contributed by atoms with Crippen molar-refractivity contribution in [3.05, 3.63) is 89.3 Å². The Hall–Kier alpha value is -4.24. The standard InChI is InChI=1S/C24H18N4O2/c1-29-19-9-5-4-8-17(19)20-18(13-25)23(26)30-24-21(20)22(27-28-24)16-11-10-14-6-2-3-7-15(14)12-16/h2-12,20H,26H2,1H3,(H,27,28)/t20-/m0/s1. The maximum Gasteiger partial charge on any atom is 0.244 e. The number of allylic oxidation sites excluding steroid dienone is 1. The van der Waals surface area contributed by atoms with Crippen LogP contribution in [0, 0.1) is 11.3 Å². The van der Waals surface area contributed by atoms with Crippen LogP contribution in [0.3, 0.4) is 0 Å². The zero-order valence-corrected chi connectivity index (χ0v) is 16.2. The number of ether oxygens (including phenoxy) is 2. The van der Waals surface area contributed by atoms with E-state index in [1.54, 1.807) is 7.11 Å². The summed E-state index contributed by atoms with van der Waals surface area (Å²) in [6, 6.07) is 24.2. The molecule has 6 nitrogen and oxygen atoms in total. The van der Waals surface area contributed by atoms with Gasteiger partial charge in [-0.1, -0.05) is 54.6 Å². The van der Waals surface area contributed by atoms with Gasteiger partial charge in [0.2, 0.25) is 11.8 Å². The number of para-hydroxylation sites is 1. The van der Waals surface area contributed by atoms with E-state index in [4.69, 9.17) is 15.2 Å². The molecule has 4 aromatic rings. The molecule has 5 rings (SSSR count). The van der Waals surface area contributed by atoms with Gasteiger partial charge in [-0.25, -0.2) is 0 Å². The first kappa shape index (κ1) is 17.8. The monoisotopic (exact) mass is 394 g/mol. The number of benzene rings is 3. The fraction of sp³-hybridized carbons (Fsp3) is 0.0833. The van der Waals surface area contributed by atoms with Gasteiger partial charge in [-0.3, -0.25) is 5.10 Å². The van der Waals surface area contributed by atoms with Gasteiger partial charge in [0.15, 0.2) is 0 Å².